The third-order valence-corrected chi connectivity index (χ3v) is 3.25. The maximum absolute atomic E-state index is 6.06. The number of benzene rings is 2. The van der Waals surface area contributed by atoms with Crippen LogP contribution in [0, 0.1) is 0 Å². The second-order valence-electron chi connectivity index (χ2n) is 4.72. The summed E-state index contributed by atoms with van der Waals surface area (Å²) >= 11 is 6.06. The van der Waals surface area contributed by atoms with Crippen molar-refractivity contribution in [2.24, 2.45) is 0 Å². The van der Waals surface area contributed by atoms with E-state index < -0.39 is 0 Å². The van der Waals surface area contributed by atoms with Gasteiger partial charge in [0.25, 0.3) is 0 Å². The number of halogens is 1. The summed E-state index contributed by atoms with van der Waals surface area (Å²) < 4.78 is 0. The minimum Gasteiger partial charge on any atom is -0.383 e. The number of hydrogen-bond acceptors (Lipinski definition) is 2. The average molecular weight is 275 g/mol. The standard InChI is InChI=1S/C16H19ClN2/c1-19(2)16-9-8-14(17)12-15(16)18-11-10-13-6-4-3-5-7-13/h3-9,12,18H,10-11H2,1-2H3. The molecule has 2 aromatic carbocycles. The summed E-state index contributed by atoms with van der Waals surface area (Å²) in [6, 6.07) is 16.4. The molecule has 0 aromatic heterocycles. The molecule has 1 N–H and O–H groups in total. The molecule has 0 bridgehead atoms. The molecule has 0 fully saturated rings. The van der Waals surface area contributed by atoms with Crippen molar-refractivity contribution in [3.8, 4) is 0 Å². The zero-order valence-corrected chi connectivity index (χ0v) is 12.1. The Morgan fingerprint density at radius 1 is 1.05 bits per heavy atom. The lowest BCUT2D eigenvalue weighted by atomic mass is 10.1. The molecule has 0 saturated heterocycles. The molecule has 2 rings (SSSR count). The van der Waals surface area contributed by atoms with Crippen molar-refractivity contribution in [1.29, 1.82) is 0 Å². The summed E-state index contributed by atoms with van der Waals surface area (Å²) in [4.78, 5) is 2.08. The molecule has 0 saturated carbocycles. The van der Waals surface area contributed by atoms with E-state index in [2.05, 4.69) is 34.5 Å². The van der Waals surface area contributed by atoms with E-state index in [4.69, 9.17) is 11.6 Å². The van der Waals surface area contributed by atoms with Crippen LogP contribution in [-0.2, 0) is 6.42 Å². The molecule has 19 heavy (non-hydrogen) atoms. The molecule has 0 heterocycles. The highest BCUT2D eigenvalue weighted by molar-refractivity contribution is 6.31. The third kappa shape index (κ3) is 3.90. The van der Waals surface area contributed by atoms with E-state index >= 15 is 0 Å². The van der Waals surface area contributed by atoms with Gasteiger partial charge in [0.2, 0.25) is 0 Å². The third-order valence-electron chi connectivity index (χ3n) is 3.01. The van der Waals surface area contributed by atoms with Crippen LogP contribution < -0.4 is 10.2 Å². The van der Waals surface area contributed by atoms with E-state index in [9.17, 15) is 0 Å². The minimum absolute atomic E-state index is 0.757. The van der Waals surface area contributed by atoms with E-state index in [1.165, 1.54) is 5.56 Å². The largest absolute Gasteiger partial charge is 0.383 e. The second-order valence-corrected chi connectivity index (χ2v) is 5.15. The first-order valence-corrected chi connectivity index (χ1v) is 6.79. The van der Waals surface area contributed by atoms with Crippen molar-refractivity contribution in [3.05, 3.63) is 59.1 Å². The van der Waals surface area contributed by atoms with Gasteiger partial charge in [-0.05, 0) is 30.2 Å². The van der Waals surface area contributed by atoms with Gasteiger partial charge >= 0.3 is 0 Å². The van der Waals surface area contributed by atoms with Gasteiger partial charge in [-0.3, -0.25) is 0 Å². The molecule has 100 valence electrons. The molecule has 2 aromatic rings. The molecule has 0 aliphatic heterocycles. The molecule has 0 aliphatic rings. The Balaban J connectivity index is 2.01. The highest BCUT2D eigenvalue weighted by atomic mass is 35.5. The first-order valence-electron chi connectivity index (χ1n) is 6.41. The highest BCUT2D eigenvalue weighted by Gasteiger charge is 2.04. The minimum atomic E-state index is 0.757. The van der Waals surface area contributed by atoms with Crippen LogP contribution in [0.1, 0.15) is 5.56 Å². The summed E-state index contributed by atoms with van der Waals surface area (Å²) in [5.74, 6) is 0. The smallest absolute Gasteiger partial charge is 0.0597 e. The molecule has 0 atom stereocenters. The van der Waals surface area contributed by atoms with E-state index in [0.717, 1.165) is 29.4 Å². The maximum atomic E-state index is 6.06. The SMILES string of the molecule is CN(C)c1ccc(Cl)cc1NCCc1ccccc1. The Bertz CT molecular complexity index is 524. The zero-order valence-electron chi connectivity index (χ0n) is 11.4. The Kier molecular flexibility index (Phi) is 4.69. The molecule has 0 radical (unpaired) electrons. The predicted octanol–water partition coefficient (Wildman–Crippen LogP) is 4.06. The first kappa shape index (κ1) is 13.8. The lowest BCUT2D eigenvalue weighted by Crippen LogP contribution is -2.13. The van der Waals surface area contributed by atoms with Gasteiger partial charge in [-0.2, -0.15) is 0 Å². The van der Waals surface area contributed by atoms with Crippen molar-refractivity contribution in [2.75, 3.05) is 30.9 Å². The number of anilines is 2. The molecule has 3 heteroatoms. The van der Waals surface area contributed by atoms with E-state index in [-0.39, 0.29) is 0 Å². The predicted molar refractivity (Wildman–Crippen MR) is 84.4 cm³/mol. The second kappa shape index (κ2) is 6.48. The number of rotatable bonds is 5. The summed E-state index contributed by atoms with van der Waals surface area (Å²) in [7, 11) is 4.07. The number of hydrogen-bond donors (Lipinski definition) is 1. The topological polar surface area (TPSA) is 15.3 Å². The summed E-state index contributed by atoms with van der Waals surface area (Å²) in [5, 5.41) is 4.22. The Morgan fingerprint density at radius 3 is 2.47 bits per heavy atom. The van der Waals surface area contributed by atoms with Gasteiger partial charge in [-0.25, -0.2) is 0 Å². The molecule has 0 spiro atoms. The molecule has 0 unspecified atom stereocenters. The highest BCUT2D eigenvalue weighted by Crippen LogP contribution is 2.27. The molecule has 0 aliphatic carbocycles. The van der Waals surface area contributed by atoms with Crippen LogP contribution in [0.4, 0.5) is 11.4 Å². The quantitative estimate of drug-likeness (QED) is 0.884. The van der Waals surface area contributed by atoms with Gasteiger partial charge in [0.1, 0.15) is 0 Å². The van der Waals surface area contributed by atoms with Crippen molar-refractivity contribution < 1.29 is 0 Å². The van der Waals surface area contributed by atoms with Crippen LogP contribution in [-0.4, -0.2) is 20.6 Å². The molecular weight excluding hydrogens is 256 g/mol. The van der Waals surface area contributed by atoms with Gasteiger partial charge < -0.3 is 10.2 Å². The molecule has 0 amide bonds. The Morgan fingerprint density at radius 2 is 1.79 bits per heavy atom. The van der Waals surface area contributed by atoms with Gasteiger partial charge in [0.15, 0.2) is 0 Å². The first-order chi connectivity index (χ1) is 9.16. The van der Waals surface area contributed by atoms with Gasteiger partial charge in [-0.1, -0.05) is 41.9 Å². The lowest BCUT2D eigenvalue weighted by Gasteiger charge is -2.18. The van der Waals surface area contributed by atoms with E-state index in [1.54, 1.807) is 0 Å². The van der Waals surface area contributed by atoms with Crippen LogP contribution in [0.2, 0.25) is 5.02 Å². The van der Waals surface area contributed by atoms with Crippen LogP contribution in [0.5, 0.6) is 0 Å². The van der Waals surface area contributed by atoms with Gasteiger partial charge in [0.05, 0.1) is 11.4 Å². The molecular formula is C16H19ClN2. The normalized spacial score (nSPS) is 10.3. The molecule has 2 nitrogen and oxygen atoms in total. The lowest BCUT2D eigenvalue weighted by molar-refractivity contribution is 1.01. The number of nitrogens with zero attached hydrogens (tertiary/aromatic N) is 1. The van der Waals surface area contributed by atoms with Crippen molar-refractivity contribution in [3.63, 3.8) is 0 Å². The average Bonchev–Trinajstić information content (AvgIpc) is 2.39. The monoisotopic (exact) mass is 274 g/mol. The summed E-state index contributed by atoms with van der Waals surface area (Å²) in [5.41, 5.74) is 3.56. The van der Waals surface area contributed by atoms with Crippen molar-refractivity contribution in [2.45, 2.75) is 6.42 Å². The fourth-order valence-electron chi connectivity index (χ4n) is 2.03. The van der Waals surface area contributed by atoms with Crippen LogP contribution in [0.15, 0.2) is 48.5 Å². The van der Waals surface area contributed by atoms with Crippen LogP contribution in [0.25, 0.3) is 0 Å². The van der Waals surface area contributed by atoms with Crippen LogP contribution >= 0.6 is 11.6 Å². The summed E-state index contributed by atoms with van der Waals surface area (Å²) in [6.07, 6.45) is 1.00. The summed E-state index contributed by atoms with van der Waals surface area (Å²) in [6.45, 7) is 0.894. The number of nitrogens with one attached hydrogen (secondary N) is 1. The van der Waals surface area contributed by atoms with Crippen molar-refractivity contribution >= 4 is 23.0 Å². The van der Waals surface area contributed by atoms with E-state index in [0.29, 0.717) is 0 Å². The van der Waals surface area contributed by atoms with Gasteiger partial charge in [-0.15, -0.1) is 0 Å². The zero-order chi connectivity index (χ0) is 13.7. The fourth-order valence-corrected chi connectivity index (χ4v) is 2.20. The Hall–Kier alpha value is -1.67. The fraction of sp³-hybridized carbons (Fsp3) is 0.250. The van der Waals surface area contributed by atoms with Gasteiger partial charge in [0, 0.05) is 25.7 Å². The maximum Gasteiger partial charge on any atom is 0.0597 e. The van der Waals surface area contributed by atoms with E-state index in [1.807, 2.05) is 38.4 Å². The van der Waals surface area contributed by atoms with Crippen LogP contribution in [0.3, 0.4) is 0 Å². The van der Waals surface area contributed by atoms with Crippen molar-refractivity contribution in [1.82, 2.24) is 0 Å². The Labute approximate surface area is 120 Å².